The fourth-order valence-corrected chi connectivity index (χ4v) is 3.70. The summed E-state index contributed by atoms with van der Waals surface area (Å²) in [5, 5.41) is 5.52. The summed E-state index contributed by atoms with van der Waals surface area (Å²) < 4.78 is 38.0. The molecule has 3 aromatic carbocycles. The zero-order valence-electron chi connectivity index (χ0n) is 17.2. The lowest BCUT2D eigenvalue weighted by Gasteiger charge is -2.11. The minimum atomic E-state index is -4.40. The maximum atomic E-state index is 12.7. The molecule has 32 heavy (non-hydrogen) atoms. The number of amides is 2. The summed E-state index contributed by atoms with van der Waals surface area (Å²) in [5.41, 5.74) is 2.00. The van der Waals surface area contributed by atoms with Gasteiger partial charge in [0.1, 0.15) is 0 Å². The molecule has 0 radical (unpaired) electrons. The van der Waals surface area contributed by atoms with Crippen LogP contribution < -0.4 is 10.6 Å². The van der Waals surface area contributed by atoms with Crippen molar-refractivity contribution in [2.75, 3.05) is 11.1 Å². The number of nitrogens with one attached hydrogen (secondary N) is 2. The van der Waals surface area contributed by atoms with Gasteiger partial charge in [-0.05, 0) is 48.9 Å². The SMILES string of the molecule is Cc1ccc(NC(=O)CSc2ccccc2C(=O)NCc2ccc(C(F)(F)F)cc2)cc1. The van der Waals surface area contributed by atoms with Gasteiger partial charge in [0, 0.05) is 17.1 Å². The second-order valence-corrected chi connectivity index (χ2v) is 8.09. The number of benzene rings is 3. The summed E-state index contributed by atoms with van der Waals surface area (Å²) in [6.07, 6.45) is -4.40. The number of alkyl halides is 3. The van der Waals surface area contributed by atoms with Crippen molar-refractivity contribution in [2.45, 2.75) is 24.5 Å². The van der Waals surface area contributed by atoms with Crippen molar-refractivity contribution in [1.82, 2.24) is 5.32 Å². The van der Waals surface area contributed by atoms with E-state index in [2.05, 4.69) is 10.6 Å². The molecule has 0 spiro atoms. The molecule has 0 unspecified atom stereocenters. The van der Waals surface area contributed by atoms with E-state index in [4.69, 9.17) is 0 Å². The third-order valence-electron chi connectivity index (χ3n) is 4.56. The first-order chi connectivity index (χ1) is 15.2. The number of halogens is 3. The van der Waals surface area contributed by atoms with Crippen molar-refractivity contribution in [3.05, 3.63) is 95.1 Å². The van der Waals surface area contributed by atoms with Crippen molar-refractivity contribution >= 4 is 29.3 Å². The molecular weight excluding hydrogens is 437 g/mol. The number of carbonyl (C=O) groups is 2. The molecule has 2 amide bonds. The summed E-state index contributed by atoms with van der Waals surface area (Å²) in [5.74, 6) is -0.442. The highest BCUT2D eigenvalue weighted by Crippen LogP contribution is 2.29. The van der Waals surface area contributed by atoms with Crippen LogP contribution in [0.1, 0.15) is 27.0 Å². The van der Waals surface area contributed by atoms with E-state index in [1.54, 1.807) is 24.3 Å². The van der Waals surface area contributed by atoms with Gasteiger partial charge in [0.2, 0.25) is 5.91 Å². The lowest BCUT2D eigenvalue weighted by atomic mass is 10.1. The van der Waals surface area contributed by atoms with Gasteiger partial charge < -0.3 is 10.6 Å². The van der Waals surface area contributed by atoms with Gasteiger partial charge in [-0.15, -0.1) is 11.8 Å². The van der Waals surface area contributed by atoms with Crippen molar-refractivity contribution in [3.63, 3.8) is 0 Å². The van der Waals surface area contributed by atoms with Gasteiger partial charge in [-0.25, -0.2) is 0 Å². The largest absolute Gasteiger partial charge is 0.416 e. The number of carbonyl (C=O) groups excluding carboxylic acids is 2. The topological polar surface area (TPSA) is 58.2 Å². The second kappa shape index (κ2) is 10.4. The first kappa shape index (κ1) is 23.4. The molecular formula is C24H21F3N2O2S. The van der Waals surface area contributed by atoms with Crippen molar-refractivity contribution in [1.29, 1.82) is 0 Å². The molecule has 2 N–H and O–H groups in total. The fourth-order valence-electron chi connectivity index (χ4n) is 2.85. The minimum Gasteiger partial charge on any atom is -0.348 e. The zero-order chi connectivity index (χ0) is 23.1. The van der Waals surface area contributed by atoms with E-state index in [0.717, 1.165) is 17.7 Å². The number of hydrogen-bond acceptors (Lipinski definition) is 3. The molecule has 8 heteroatoms. The molecule has 0 saturated heterocycles. The highest BCUT2D eigenvalue weighted by Gasteiger charge is 2.29. The van der Waals surface area contributed by atoms with Crippen LogP contribution in [-0.2, 0) is 17.5 Å². The van der Waals surface area contributed by atoms with Gasteiger partial charge in [0.25, 0.3) is 5.91 Å². The monoisotopic (exact) mass is 458 g/mol. The highest BCUT2D eigenvalue weighted by molar-refractivity contribution is 8.00. The Bertz CT molecular complexity index is 1080. The van der Waals surface area contributed by atoms with Crippen LogP contribution in [0.3, 0.4) is 0 Å². The molecule has 3 rings (SSSR count). The van der Waals surface area contributed by atoms with Crippen molar-refractivity contribution in [2.24, 2.45) is 0 Å². The molecule has 0 aromatic heterocycles. The van der Waals surface area contributed by atoms with E-state index in [1.807, 2.05) is 31.2 Å². The third-order valence-corrected chi connectivity index (χ3v) is 5.63. The molecule has 4 nitrogen and oxygen atoms in total. The lowest BCUT2D eigenvalue weighted by molar-refractivity contribution is -0.137. The maximum absolute atomic E-state index is 12.7. The number of anilines is 1. The number of rotatable bonds is 7. The summed E-state index contributed by atoms with van der Waals surface area (Å²) in [7, 11) is 0. The minimum absolute atomic E-state index is 0.0872. The van der Waals surface area contributed by atoms with Gasteiger partial charge >= 0.3 is 6.18 Å². The molecule has 0 bridgehead atoms. The molecule has 3 aromatic rings. The summed E-state index contributed by atoms with van der Waals surface area (Å²) in [4.78, 5) is 25.5. The van der Waals surface area contributed by atoms with Crippen LogP contribution in [0, 0.1) is 6.92 Å². The van der Waals surface area contributed by atoms with Crippen LogP contribution in [0.2, 0.25) is 0 Å². The Balaban J connectivity index is 1.57. The van der Waals surface area contributed by atoms with Crippen LogP contribution >= 0.6 is 11.8 Å². The first-order valence-corrected chi connectivity index (χ1v) is 10.7. The van der Waals surface area contributed by atoms with Crippen LogP contribution in [0.15, 0.2) is 77.7 Å². The normalized spacial score (nSPS) is 11.1. The number of thioether (sulfide) groups is 1. The van der Waals surface area contributed by atoms with Gasteiger partial charge in [0.05, 0.1) is 16.9 Å². The Morgan fingerprint density at radius 2 is 1.56 bits per heavy atom. The summed E-state index contributed by atoms with van der Waals surface area (Å²) in [6, 6.07) is 18.9. The molecule has 166 valence electrons. The third kappa shape index (κ3) is 6.62. The summed E-state index contributed by atoms with van der Waals surface area (Å²) in [6.45, 7) is 2.05. The van der Waals surface area contributed by atoms with Gasteiger partial charge in [-0.1, -0.05) is 42.0 Å². The van der Waals surface area contributed by atoms with Crippen molar-refractivity contribution in [3.8, 4) is 0 Å². The predicted octanol–water partition coefficient (Wildman–Crippen LogP) is 5.67. The quantitative estimate of drug-likeness (QED) is 0.448. The Morgan fingerprint density at radius 1 is 0.906 bits per heavy atom. The van der Waals surface area contributed by atoms with E-state index in [1.165, 1.54) is 23.9 Å². The molecule has 0 saturated carbocycles. The van der Waals surface area contributed by atoms with Gasteiger partial charge in [0.15, 0.2) is 0 Å². The van der Waals surface area contributed by atoms with E-state index in [-0.39, 0.29) is 24.1 Å². The molecule has 0 fully saturated rings. The fraction of sp³-hybridized carbons (Fsp3) is 0.167. The number of aryl methyl sites for hydroxylation is 1. The smallest absolute Gasteiger partial charge is 0.348 e. The molecule has 0 atom stereocenters. The Hall–Kier alpha value is -3.26. The zero-order valence-corrected chi connectivity index (χ0v) is 18.0. The predicted molar refractivity (Wildman–Crippen MR) is 120 cm³/mol. The van der Waals surface area contributed by atoms with E-state index < -0.39 is 11.7 Å². The average molecular weight is 459 g/mol. The Labute approximate surface area is 188 Å². The molecule has 0 aliphatic heterocycles. The Morgan fingerprint density at radius 3 is 2.22 bits per heavy atom. The van der Waals surface area contributed by atoms with E-state index in [0.29, 0.717) is 21.7 Å². The standard InChI is InChI=1S/C24H21F3N2O2S/c1-16-6-12-19(13-7-16)29-22(30)15-32-21-5-3-2-4-20(21)23(31)28-14-17-8-10-18(11-9-17)24(25,26)27/h2-13H,14-15H2,1H3,(H,28,31)(H,29,30). The second-order valence-electron chi connectivity index (χ2n) is 7.08. The van der Waals surface area contributed by atoms with E-state index in [9.17, 15) is 22.8 Å². The highest BCUT2D eigenvalue weighted by atomic mass is 32.2. The Kier molecular flexibility index (Phi) is 7.58. The maximum Gasteiger partial charge on any atom is 0.416 e. The first-order valence-electron chi connectivity index (χ1n) is 9.75. The lowest BCUT2D eigenvalue weighted by Crippen LogP contribution is -2.23. The molecule has 0 aliphatic rings. The molecule has 0 heterocycles. The van der Waals surface area contributed by atoms with Crippen molar-refractivity contribution < 1.29 is 22.8 Å². The van der Waals surface area contributed by atoms with Crippen LogP contribution in [0.5, 0.6) is 0 Å². The molecule has 0 aliphatic carbocycles. The van der Waals surface area contributed by atoms with E-state index >= 15 is 0 Å². The summed E-state index contributed by atoms with van der Waals surface area (Å²) >= 11 is 1.23. The van der Waals surface area contributed by atoms with Crippen LogP contribution in [0.25, 0.3) is 0 Å². The number of hydrogen-bond donors (Lipinski definition) is 2. The van der Waals surface area contributed by atoms with Gasteiger partial charge in [-0.2, -0.15) is 13.2 Å². The van der Waals surface area contributed by atoms with Crippen LogP contribution in [0.4, 0.5) is 18.9 Å². The average Bonchev–Trinajstić information content (AvgIpc) is 2.77. The van der Waals surface area contributed by atoms with Gasteiger partial charge in [-0.3, -0.25) is 9.59 Å². The van der Waals surface area contributed by atoms with Crippen LogP contribution in [-0.4, -0.2) is 17.6 Å².